The monoisotopic (exact) mass is 735 g/mol. The zero-order valence-electron chi connectivity index (χ0n) is 32.6. The van der Waals surface area contributed by atoms with E-state index in [1.54, 1.807) is 14.0 Å². The number of hydrogen-bond donors (Lipinski definition) is 3. The van der Waals surface area contributed by atoms with E-state index in [9.17, 15) is 5.11 Å². The first-order valence-corrected chi connectivity index (χ1v) is 18.0. The molecule has 0 aliphatic rings. The van der Waals surface area contributed by atoms with Gasteiger partial charge in [-0.05, 0) is 55.4 Å². The van der Waals surface area contributed by atoms with Gasteiger partial charge in [-0.3, -0.25) is 0 Å². The molecule has 15 heteroatoms. The van der Waals surface area contributed by atoms with Crippen molar-refractivity contribution in [2.45, 2.75) is 104 Å². The normalized spacial score (nSPS) is 16.6. The molecule has 0 aliphatic carbocycles. The number of rotatable bonds is 36. The molecule has 0 aliphatic heterocycles. The Hall–Kier alpha value is -0.600. The minimum absolute atomic E-state index is 0.0108. The lowest BCUT2D eigenvalue weighted by Crippen LogP contribution is -2.30. The van der Waals surface area contributed by atoms with Crippen LogP contribution in [0.25, 0.3) is 0 Å². The van der Waals surface area contributed by atoms with Gasteiger partial charge in [-0.2, -0.15) is 0 Å². The van der Waals surface area contributed by atoms with Crippen LogP contribution >= 0.6 is 0 Å². The summed E-state index contributed by atoms with van der Waals surface area (Å²) in [5.41, 5.74) is 0. The second-order valence-corrected chi connectivity index (χ2v) is 12.2. The molecule has 0 aromatic heterocycles. The maximum Gasteiger partial charge on any atom is 0.0781 e. The van der Waals surface area contributed by atoms with Gasteiger partial charge >= 0.3 is 0 Å². The van der Waals surface area contributed by atoms with E-state index < -0.39 is 6.10 Å². The van der Waals surface area contributed by atoms with Crippen LogP contribution in [-0.4, -0.2) is 190 Å². The molecular formula is C35H74O15. The van der Waals surface area contributed by atoms with Crippen LogP contribution < -0.4 is 0 Å². The zero-order valence-corrected chi connectivity index (χ0v) is 32.6. The molecule has 50 heavy (non-hydrogen) atoms. The van der Waals surface area contributed by atoms with Crippen molar-refractivity contribution in [3.8, 4) is 0 Å². The lowest BCUT2D eigenvalue weighted by molar-refractivity contribution is -0.108. The molecule has 0 amide bonds. The van der Waals surface area contributed by atoms with Gasteiger partial charge in [0.1, 0.15) is 0 Å². The van der Waals surface area contributed by atoms with Gasteiger partial charge < -0.3 is 72.2 Å². The summed E-state index contributed by atoms with van der Waals surface area (Å²) < 4.78 is 65.6. The van der Waals surface area contributed by atoms with Gasteiger partial charge in [0.05, 0.1) is 168 Å². The molecule has 304 valence electrons. The molecule has 0 fully saturated rings. The summed E-state index contributed by atoms with van der Waals surface area (Å²) in [6, 6.07) is 0. The Bertz CT molecular complexity index is 650. The first-order valence-electron chi connectivity index (χ1n) is 18.0. The van der Waals surface area contributed by atoms with Gasteiger partial charge in [-0.15, -0.1) is 0 Å². The molecule has 0 saturated carbocycles. The molecule has 8 atom stereocenters. The van der Waals surface area contributed by atoms with E-state index in [2.05, 4.69) is 0 Å². The quantitative estimate of drug-likeness (QED) is 0.0797. The average Bonchev–Trinajstić information content (AvgIpc) is 3.09. The largest absolute Gasteiger partial charge is 0.394 e. The molecule has 0 bridgehead atoms. The van der Waals surface area contributed by atoms with Gasteiger partial charge in [-0.1, -0.05) is 0 Å². The average molecular weight is 735 g/mol. The van der Waals surface area contributed by atoms with Crippen LogP contribution in [-0.2, 0) is 56.8 Å². The first kappa shape index (κ1) is 51.5. The smallest absolute Gasteiger partial charge is 0.0781 e. The van der Waals surface area contributed by atoms with Crippen molar-refractivity contribution in [3.63, 3.8) is 0 Å². The molecule has 0 spiro atoms. The fourth-order valence-electron chi connectivity index (χ4n) is 3.56. The molecule has 0 heterocycles. The maximum absolute atomic E-state index is 9.25. The van der Waals surface area contributed by atoms with Crippen molar-refractivity contribution in [2.24, 2.45) is 0 Å². The van der Waals surface area contributed by atoms with Crippen LogP contribution in [0.2, 0.25) is 0 Å². The summed E-state index contributed by atoms with van der Waals surface area (Å²) in [5.74, 6) is 0. The van der Waals surface area contributed by atoms with Gasteiger partial charge in [-0.25, -0.2) is 0 Å². The Morgan fingerprint density at radius 2 is 0.560 bits per heavy atom. The van der Waals surface area contributed by atoms with Crippen LogP contribution in [0.1, 0.15) is 55.4 Å². The second-order valence-electron chi connectivity index (χ2n) is 12.2. The summed E-state index contributed by atoms with van der Waals surface area (Å²) in [5, 5.41) is 26.1. The highest BCUT2D eigenvalue weighted by Gasteiger charge is 2.14. The Balaban J connectivity index is 0. The Labute approximate surface area is 302 Å². The van der Waals surface area contributed by atoms with Gasteiger partial charge in [0, 0.05) is 7.11 Å². The predicted molar refractivity (Wildman–Crippen MR) is 189 cm³/mol. The minimum atomic E-state index is -0.474. The van der Waals surface area contributed by atoms with E-state index in [-0.39, 0.29) is 55.9 Å². The van der Waals surface area contributed by atoms with Crippen molar-refractivity contribution < 1.29 is 72.2 Å². The van der Waals surface area contributed by atoms with Crippen molar-refractivity contribution >= 4 is 0 Å². The number of aliphatic hydroxyl groups is 3. The molecule has 8 unspecified atom stereocenters. The third-order valence-electron chi connectivity index (χ3n) is 6.30. The Morgan fingerprint density at radius 3 is 0.780 bits per heavy atom. The van der Waals surface area contributed by atoms with Gasteiger partial charge in [0.15, 0.2) is 0 Å². The summed E-state index contributed by atoms with van der Waals surface area (Å²) in [6.45, 7) is 23.0. The highest BCUT2D eigenvalue weighted by atomic mass is 16.6. The van der Waals surface area contributed by atoms with Crippen molar-refractivity contribution in [3.05, 3.63) is 0 Å². The van der Waals surface area contributed by atoms with E-state index in [4.69, 9.17) is 67.1 Å². The van der Waals surface area contributed by atoms with Crippen LogP contribution in [0.3, 0.4) is 0 Å². The van der Waals surface area contributed by atoms with Crippen molar-refractivity contribution in [1.29, 1.82) is 0 Å². The molecule has 0 aromatic rings. The van der Waals surface area contributed by atoms with E-state index >= 15 is 0 Å². The standard InChI is InChI=1S/C25H52O9.C10H22O6/c1-18(26)10-28-20(3)12-30-22(5)14-32-24(7)16-34-25(8)17-33-23(6)15-31-21(4)13-29-19(2)11-27-9;11-1-3-13-5-7-15-9-10-16-8-6-14-4-2-12/h18-26H,10-17H2,1-9H3;11-12H,1-10H2. The number of hydrogen-bond acceptors (Lipinski definition) is 15. The number of ether oxygens (including phenoxy) is 12. The summed E-state index contributed by atoms with van der Waals surface area (Å²) in [6.07, 6.45) is -0.714. The molecule has 0 saturated heterocycles. The van der Waals surface area contributed by atoms with Crippen molar-refractivity contribution in [2.75, 3.05) is 126 Å². The molecule has 15 nitrogen and oxygen atoms in total. The second kappa shape index (κ2) is 38.1. The van der Waals surface area contributed by atoms with Crippen LogP contribution in [0.5, 0.6) is 0 Å². The highest BCUT2D eigenvalue weighted by molar-refractivity contribution is 4.59. The first-order chi connectivity index (χ1) is 23.9. The summed E-state index contributed by atoms with van der Waals surface area (Å²) in [7, 11) is 1.66. The topological polar surface area (TPSA) is 171 Å². The fraction of sp³-hybridized carbons (Fsp3) is 1.00. The third-order valence-corrected chi connectivity index (χ3v) is 6.30. The molecular weight excluding hydrogens is 660 g/mol. The molecule has 0 aromatic carbocycles. The van der Waals surface area contributed by atoms with E-state index in [1.165, 1.54) is 0 Å². The van der Waals surface area contributed by atoms with Crippen LogP contribution in [0.15, 0.2) is 0 Å². The molecule has 0 radical (unpaired) electrons. The SMILES string of the molecule is COCC(C)OCC(C)OCC(C)OCC(C)OCC(C)OCC(C)OCC(C)OCC(C)O.OCCOCCOCCOCCOCCO. The minimum Gasteiger partial charge on any atom is -0.394 e. The number of aliphatic hydroxyl groups excluding tert-OH is 3. The van der Waals surface area contributed by atoms with E-state index in [0.717, 1.165) is 0 Å². The fourth-order valence-corrected chi connectivity index (χ4v) is 3.56. The predicted octanol–water partition coefficient (Wildman–Crippen LogP) is 1.89. The lowest BCUT2D eigenvalue weighted by atomic mass is 10.3. The highest BCUT2D eigenvalue weighted by Crippen LogP contribution is 2.05. The van der Waals surface area contributed by atoms with Crippen molar-refractivity contribution in [1.82, 2.24) is 0 Å². The maximum atomic E-state index is 9.25. The van der Waals surface area contributed by atoms with Crippen LogP contribution in [0.4, 0.5) is 0 Å². The zero-order chi connectivity index (χ0) is 37.8. The summed E-state index contributed by atoms with van der Waals surface area (Å²) in [4.78, 5) is 0. The summed E-state index contributed by atoms with van der Waals surface area (Å²) >= 11 is 0. The number of methoxy groups -OCH3 is 1. The molecule has 0 rings (SSSR count). The lowest BCUT2D eigenvalue weighted by Gasteiger charge is -2.23. The Kier molecular flexibility index (Phi) is 39.3. The van der Waals surface area contributed by atoms with E-state index in [0.29, 0.717) is 106 Å². The van der Waals surface area contributed by atoms with Crippen LogP contribution in [0, 0.1) is 0 Å². The van der Waals surface area contributed by atoms with E-state index in [1.807, 2.05) is 48.5 Å². The third kappa shape index (κ3) is 40.2. The molecule has 3 N–H and O–H groups in total. The van der Waals surface area contributed by atoms with Gasteiger partial charge in [0.25, 0.3) is 0 Å². The van der Waals surface area contributed by atoms with Gasteiger partial charge in [0.2, 0.25) is 0 Å². The Morgan fingerprint density at radius 1 is 0.340 bits per heavy atom.